The van der Waals surface area contributed by atoms with Crippen molar-refractivity contribution >= 4 is 11.9 Å². The van der Waals surface area contributed by atoms with E-state index in [9.17, 15) is 9.59 Å². The Bertz CT molecular complexity index is 1750. The summed E-state index contributed by atoms with van der Waals surface area (Å²) in [4.78, 5) is 25.3. The number of unbranched alkanes of at least 4 members (excludes halogenated alkanes) is 12. The highest BCUT2D eigenvalue weighted by Gasteiger charge is 2.35. The van der Waals surface area contributed by atoms with Crippen LogP contribution in [0.3, 0.4) is 0 Å². The molecule has 0 aliphatic heterocycles. The number of ether oxygens (including phenoxy) is 2. The number of allylic oxidation sites excluding steroid dienone is 22. The number of hydrogen-bond donors (Lipinski definition) is 0. The lowest BCUT2D eigenvalue weighted by molar-refractivity contribution is -0.151. The van der Waals surface area contributed by atoms with Crippen LogP contribution in [0.2, 0.25) is 0 Å². The summed E-state index contributed by atoms with van der Waals surface area (Å²) >= 11 is 0. The van der Waals surface area contributed by atoms with E-state index in [1.165, 1.54) is 96.0 Å². The molecule has 0 fully saturated rings. The van der Waals surface area contributed by atoms with Crippen LogP contribution in [0.4, 0.5) is 0 Å². The Morgan fingerprint density at radius 2 is 0.818 bits per heavy atom. The number of carbonyl (C=O) groups is 2. The van der Waals surface area contributed by atoms with E-state index >= 15 is 0 Å². The molecule has 4 heteroatoms. The van der Waals surface area contributed by atoms with Gasteiger partial charge in [0.25, 0.3) is 0 Å². The van der Waals surface area contributed by atoms with Gasteiger partial charge in [-0.1, -0.05) is 210 Å². The van der Waals surface area contributed by atoms with Crippen LogP contribution in [0, 0.1) is 10.8 Å². The zero-order chi connectivity index (χ0) is 48.8. The van der Waals surface area contributed by atoms with Crippen LogP contribution >= 0.6 is 0 Å². The van der Waals surface area contributed by atoms with Gasteiger partial charge in [-0.05, 0) is 115 Å². The Kier molecular flexibility index (Phi) is 28.2. The molecule has 364 valence electrons. The highest BCUT2D eigenvalue weighted by Crippen LogP contribution is 2.43. The normalized spacial score (nSPS) is 19.9. The van der Waals surface area contributed by atoms with E-state index < -0.39 is 0 Å². The van der Waals surface area contributed by atoms with E-state index in [2.05, 4.69) is 167 Å². The maximum Gasteiger partial charge on any atom is 0.306 e. The molecule has 0 amide bonds. The standard InChI is InChI=1S/C62H92O4/c1-13-15-17-19-21-23-25-27-39-59(63)65-55-45-53(7)57(61(9,10)47-55)43-41-51(5)37-31-35-49(3)33-29-30-34-50(4)36-32-38-52(6)42-44-58-54(8)46-56(48-62(58,11)12)66-60(64)40-28-26-24-22-20-18-16-14-2/h13-14,29-38,41-44,55-56H,1-2,15-28,39-40,45-48H2,3-12H3/b30-29+,35-31+,36-32+,43-41+,44-42+,49-33+,50-34+,51-37+,52-38+. The third kappa shape index (κ3) is 24.9. The molecule has 2 rings (SSSR count). The van der Waals surface area contributed by atoms with Gasteiger partial charge in [-0.2, -0.15) is 0 Å². The largest absolute Gasteiger partial charge is 0.462 e. The van der Waals surface area contributed by atoms with Crippen LogP contribution in [-0.4, -0.2) is 24.1 Å². The first-order valence-electron chi connectivity index (χ1n) is 25.6. The SMILES string of the molecule is C=CCCCCCCCCC(=O)OC1CC(C)=C(/C=C/C(C)=C/C=C/C(C)=C/C=C/C=C(C)/C=C/C=C(C)/C=C/C2=C(C)CC(OC(=O)CCCCCCCCC=C)CC2(C)C)C(C)(C)C1. The van der Waals surface area contributed by atoms with Gasteiger partial charge in [0, 0.05) is 25.7 Å². The fourth-order valence-electron chi connectivity index (χ4n) is 9.25. The van der Waals surface area contributed by atoms with Gasteiger partial charge >= 0.3 is 11.9 Å². The summed E-state index contributed by atoms with van der Waals surface area (Å²) in [5.74, 6) is -0.0930. The van der Waals surface area contributed by atoms with Crippen molar-refractivity contribution in [3.63, 3.8) is 0 Å². The molecule has 2 aliphatic rings. The fourth-order valence-corrected chi connectivity index (χ4v) is 9.25. The average molecular weight is 901 g/mol. The summed E-state index contributed by atoms with van der Waals surface area (Å²) < 4.78 is 11.9. The zero-order valence-electron chi connectivity index (χ0n) is 43.6. The van der Waals surface area contributed by atoms with E-state index in [0.717, 1.165) is 64.2 Å². The summed E-state index contributed by atoms with van der Waals surface area (Å²) in [6.45, 7) is 29.5. The van der Waals surface area contributed by atoms with Crippen molar-refractivity contribution in [2.24, 2.45) is 10.8 Å². The van der Waals surface area contributed by atoms with E-state index in [4.69, 9.17) is 9.47 Å². The molecule has 0 saturated heterocycles. The Morgan fingerprint density at radius 3 is 1.17 bits per heavy atom. The molecule has 0 saturated carbocycles. The molecule has 0 radical (unpaired) electrons. The monoisotopic (exact) mass is 901 g/mol. The molecule has 0 spiro atoms. The molecule has 0 N–H and O–H groups in total. The van der Waals surface area contributed by atoms with E-state index in [0.29, 0.717) is 12.8 Å². The second-order valence-corrected chi connectivity index (χ2v) is 20.5. The highest BCUT2D eigenvalue weighted by atomic mass is 16.5. The van der Waals surface area contributed by atoms with Gasteiger partial charge in [0.15, 0.2) is 0 Å². The van der Waals surface area contributed by atoms with Crippen molar-refractivity contribution in [1.82, 2.24) is 0 Å². The molecule has 66 heavy (non-hydrogen) atoms. The summed E-state index contributed by atoms with van der Waals surface area (Å²) in [5.41, 5.74) is 9.89. The van der Waals surface area contributed by atoms with Gasteiger partial charge in [-0.15, -0.1) is 13.2 Å². The van der Waals surface area contributed by atoms with Crippen molar-refractivity contribution in [2.75, 3.05) is 0 Å². The third-order valence-electron chi connectivity index (χ3n) is 12.9. The Labute approximate surface area is 405 Å². The van der Waals surface area contributed by atoms with E-state index in [1.807, 2.05) is 12.2 Å². The highest BCUT2D eigenvalue weighted by molar-refractivity contribution is 5.70. The van der Waals surface area contributed by atoms with Crippen molar-refractivity contribution in [1.29, 1.82) is 0 Å². The van der Waals surface area contributed by atoms with E-state index in [-0.39, 0.29) is 35.0 Å². The van der Waals surface area contributed by atoms with Crippen LogP contribution in [0.25, 0.3) is 0 Å². The van der Waals surface area contributed by atoms with Gasteiger partial charge in [-0.3, -0.25) is 9.59 Å². The number of esters is 2. The van der Waals surface area contributed by atoms with Crippen molar-refractivity contribution in [3.05, 3.63) is 155 Å². The number of rotatable bonds is 30. The minimum Gasteiger partial charge on any atom is -0.462 e. The summed E-state index contributed by atoms with van der Waals surface area (Å²) in [7, 11) is 0. The van der Waals surface area contributed by atoms with Gasteiger partial charge in [-0.25, -0.2) is 0 Å². The summed E-state index contributed by atoms with van der Waals surface area (Å²) in [6, 6.07) is 0. The molecule has 2 unspecified atom stereocenters. The number of carbonyl (C=O) groups excluding carboxylic acids is 2. The maximum absolute atomic E-state index is 12.6. The van der Waals surface area contributed by atoms with Gasteiger partial charge in [0.1, 0.15) is 12.2 Å². The van der Waals surface area contributed by atoms with Crippen LogP contribution in [0.1, 0.15) is 198 Å². The maximum atomic E-state index is 12.6. The van der Waals surface area contributed by atoms with Crippen molar-refractivity contribution in [3.8, 4) is 0 Å². The van der Waals surface area contributed by atoms with Crippen molar-refractivity contribution < 1.29 is 19.1 Å². The first kappa shape index (κ1) is 57.7. The molecule has 0 bridgehead atoms. The van der Waals surface area contributed by atoms with Crippen LogP contribution < -0.4 is 0 Å². The van der Waals surface area contributed by atoms with Crippen LogP contribution in [0.15, 0.2) is 155 Å². The Morgan fingerprint density at radius 1 is 0.500 bits per heavy atom. The molecule has 0 aromatic rings. The van der Waals surface area contributed by atoms with Crippen molar-refractivity contribution in [2.45, 2.75) is 210 Å². The minimum absolute atomic E-state index is 0.0465. The predicted octanol–water partition coefficient (Wildman–Crippen LogP) is 18.3. The van der Waals surface area contributed by atoms with Gasteiger partial charge in [0.2, 0.25) is 0 Å². The summed E-state index contributed by atoms with van der Waals surface area (Å²) in [6.07, 6.45) is 54.3. The molecule has 0 heterocycles. The minimum atomic E-state index is -0.0618. The molecular weight excluding hydrogens is 809 g/mol. The third-order valence-corrected chi connectivity index (χ3v) is 12.9. The second kappa shape index (κ2) is 32.3. The fraction of sp³-hybridized carbons (Fsp3) is 0.548. The molecule has 4 nitrogen and oxygen atoms in total. The summed E-state index contributed by atoms with van der Waals surface area (Å²) in [5, 5.41) is 0. The first-order valence-corrected chi connectivity index (χ1v) is 25.6. The number of hydrogen-bond acceptors (Lipinski definition) is 4. The average Bonchev–Trinajstić information content (AvgIpc) is 3.23. The molecule has 2 atom stereocenters. The predicted molar refractivity (Wildman–Crippen MR) is 286 cm³/mol. The lowest BCUT2D eigenvalue weighted by Gasteiger charge is -2.37. The quantitative estimate of drug-likeness (QED) is 0.0312. The Hall–Kier alpha value is -4.44. The van der Waals surface area contributed by atoms with E-state index in [1.54, 1.807) is 0 Å². The molecular formula is C62H92O4. The zero-order valence-corrected chi connectivity index (χ0v) is 43.6. The topological polar surface area (TPSA) is 52.6 Å². The van der Waals surface area contributed by atoms with Gasteiger partial charge < -0.3 is 9.47 Å². The molecule has 0 aromatic heterocycles. The Balaban J connectivity index is 1.82. The molecule has 0 aromatic carbocycles. The smallest absolute Gasteiger partial charge is 0.306 e. The van der Waals surface area contributed by atoms with Crippen LogP contribution in [-0.2, 0) is 19.1 Å². The second-order valence-electron chi connectivity index (χ2n) is 20.5. The van der Waals surface area contributed by atoms with Crippen LogP contribution in [0.5, 0.6) is 0 Å². The first-order chi connectivity index (χ1) is 31.5. The lowest BCUT2D eigenvalue weighted by atomic mass is 9.71. The molecule has 2 aliphatic carbocycles. The van der Waals surface area contributed by atoms with Gasteiger partial charge in [0.05, 0.1) is 0 Å². The lowest BCUT2D eigenvalue weighted by Crippen LogP contribution is -2.31.